The zero-order chi connectivity index (χ0) is 9.97. The van der Waals surface area contributed by atoms with Gasteiger partial charge < -0.3 is 10.2 Å². The smallest absolute Gasteiger partial charge is 0.147 e. The van der Waals surface area contributed by atoms with Crippen molar-refractivity contribution < 1.29 is 0 Å². The fourth-order valence-corrected chi connectivity index (χ4v) is 1.97. The van der Waals surface area contributed by atoms with Gasteiger partial charge in [0.2, 0.25) is 0 Å². The van der Waals surface area contributed by atoms with E-state index < -0.39 is 0 Å². The minimum absolute atomic E-state index is 0.455. The first kappa shape index (κ1) is 9.74. The summed E-state index contributed by atoms with van der Waals surface area (Å²) >= 11 is 6.10. The molecule has 0 amide bonds. The lowest BCUT2D eigenvalue weighted by molar-refractivity contribution is 0.497. The van der Waals surface area contributed by atoms with Gasteiger partial charge >= 0.3 is 0 Å². The van der Waals surface area contributed by atoms with Crippen LogP contribution in [0.1, 0.15) is 6.92 Å². The Morgan fingerprint density at radius 3 is 3.21 bits per heavy atom. The Kier molecular flexibility index (Phi) is 2.89. The van der Waals surface area contributed by atoms with E-state index in [1.165, 1.54) is 0 Å². The normalized spacial score (nSPS) is 22.4. The molecule has 1 aromatic rings. The van der Waals surface area contributed by atoms with Crippen LogP contribution in [0, 0.1) is 0 Å². The van der Waals surface area contributed by atoms with Gasteiger partial charge in [-0.1, -0.05) is 11.6 Å². The predicted octanol–water partition coefficient (Wildman–Crippen LogP) is 1.53. The number of halogens is 1. The lowest BCUT2D eigenvalue weighted by atomic mass is 10.2. The summed E-state index contributed by atoms with van der Waals surface area (Å²) in [6.07, 6.45) is 1.79. The summed E-state index contributed by atoms with van der Waals surface area (Å²) in [6, 6.07) is 4.20. The topological polar surface area (TPSA) is 28.2 Å². The van der Waals surface area contributed by atoms with E-state index in [9.17, 15) is 0 Å². The van der Waals surface area contributed by atoms with Crippen LogP contribution < -0.4 is 10.2 Å². The van der Waals surface area contributed by atoms with Crippen LogP contribution in [0.25, 0.3) is 0 Å². The second-order valence-corrected chi connectivity index (χ2v) is 3.96. The summed E-state index contributed by atoms with van der Waals surface area (Å²) < 4.78 is 0. The molecule has 1 fully saturated rings. The van der Waals surface area contributed by atoms with Gasteiger partial charge in [0, 0.05) is 31.9 Å². The van der Waals surface area contributed by atoms with Gasteiger partial charge in [0.25, 0.3) is 0 Å². The Hall–Kier alpha value is -0.800. The van der Waals surface area contributed by atoms with E-state index in [1.54, 1.807) is 6.20 Å². The quantitative estimate of drug-likeness (QED) is 0.764. The van der Waals surface area contributed by atoms with Crippen LogP contribution in [0.2, 0.25) is 5.02 Å². The molecule has 76 valence electrons. The molecule has 1 atom stereocenters. The molecule has 1 aliphatic heterocycles. The average molecular weight is 212 g/mol. The Balaban J connectivity index is 2.25. The minimum Gasteiger partial charge on any atom is -0.350 e. The lowest BCUT2D eigenvalue weighted by Gasteiger charge is -2.35. The van der Waals surface area contributed by atoms with Gasteiger partial charge in [0.15, 0.2) is 0 Å². The zero-order valence-electron chi connectivity index (χ0n) is 8.20. The maximum absolute atomic E-state index is 6.10. The van der Waals surface area contributed by atoms with Crippen molar-refractivity contribution in [1.29, 1.82) is 0 Å². The maximum atomic E-state index is 6.10. The SMILES string of the molecule is CC1CNCCN1c1ncccc1Cl. The van der Waals surface area contributed by atoms with Gasteiger partial charge in [-0.05, 0) is 19.1 Å². The van der Waals surface area contributed by atoms with Crippen molar-refractivity contribution in [1.82, 2.24) is 10.3 Å². The number of nitrogens with one attached hydrogen (secondary N) is 1. The molecule has 4 heteroatoms. The van der Waals surface area contributed by atoms with Gasteiger partial charge in [-0.25, -0.2) is 4.98 Å². The third kappa shape index (κ3) is 1.83. The minimum atomic E-state index is 0.455. The highest BCUT2D eigenvalue weighted by Crippen LogP contribution is 2.24. The molecule has 2 rings (SSSR count). The van der Waals surface area contributed by atoms with Crippen LogP contribution in [0.4, 0.5) is 5.82 Å². The second kappa shape index (κ2) is 4.15. The first-order valence-corrected chi connectivity index (χ1v) is 5.24. The summed E-state index contributed by atoms with van der Waals surface area (Å²) in [7, 11) is 0. The largest absolute Gasteiger partial charge is 0.350 e. The number of pyridine rings is 1. The second-order valence-electron chi connectivity index (χ2n) is 3.56. The van der Waals surface area contributed by atoms with Crippen LogP contribution in [0.15, 0.2) is 18.3 Å². The number of anilines is 1. The first-order chi connectivity index (χ1) is 6.79. The van der Waals surface area contributed by atoms with Crippen LogP contribution in [0.3, 0.4) is 0 Å². The Morgan fingerprint density at radius 2 is 2.50 bits per heavy atom. The molecule has 1 N–H and O–H groups in total. The Bertz CT molecular complexity index is 316. The summed E-state index contributed by atoms with van der Waals surface area (Å²) in [4.78, 5) is 6.57. The molecule has 0 saturated carbocycles. The Labute approximate surface area is 89.1 Å². The highest BCUT2D eigenvalue weighted by molar-refractivity contribution is 6.32. The van der Waals surface area contributed by atoms with E-state index in [2.05, 4.69) is 22.1 Å². The molecule has 0 aliphatic carbocycles. The molecule has 0 aromatic carbocycles. The molecule has 0 bridgehead atoms. The molecule has 1 unspecified atom stereocenters. The molecule has 0 radical (unpaired) electrons. The number of rotatable bonds is 1. The van der Waals surface area contributed by atoms with Crippen molar-refractivity contribution in [3.8, 4) is 0 Å². The van der Waals surface area contributed by atoms with E-state index in [0.717, 1.165) is 30.5 Å². The van der Waals surface area contributed by atoms with Crippen molar-refractivity contribution in [3.63, 3.8) is 0 Å². The molecular weight excluding hydrogens is 198 g/mol. The van der Waals surface area contributed by atoms with Gasteiger partial charge in [0.05, 0.1) is 5.02 Å². The van der Waals surface area contributed by atoms with Gasteiger partial charge in [-0.3, -0.25) is 0 Å². The lowest BCUT2D eigenvalue weighted by Crippen LogP contribution is -2.50. The number of hydrogen-bond donors (Lipinski definition) is 1. The fraction of sp³-hybridized carbons (Fsp3) is 0.500. The van der Waals surface area contributed by atoms with E-state index in [4.69, 9.17) is 11.6 Å². The molecule has 2 heterocycles. The summed E-state index contributed by atoms with van der Waals surface area (Å²) in [5.41, 5.74) is 0. The maximum Gasteiger partial charge on any atom is 0.147 e. The third-order valence-electron chi connectivity index (χ3n) is 2.51. The monoisotopic (exact) mass is 211 g/mol. The average Bonchev–Trinajstić information content (AvgIpc) is 2.20. The number of nitrogens with zero attached hydrogens (tertiary/aromatic N) is 2. The van der Waals surface area contributed by atoms with Gasteiger partial charge in [-0.2, -0.15) is 0 Å². The predicted molar refractivity (Wildman–Crippen MR) is 58.9 cm³/mol. The Morgan fingerprint density at radius 1 is 1.64 bits per heavy atom. The molecule has 1 aromatic heterocycles. The number of hydrogen-bond acceptors (Lipinski definition) is 3. The highest BCUT2D eigenvalue weighted by Gasteiger charge is 2.20. The van der Waals surface area contributed by atoms with Crippen LogP contribution in [-0.2, 0) is 0 Å². The standard InChI is InChI=1S/C10H14ClN3/c1-8-7-12-5-6-14(8)10-9(11)3-2-4-13-10/h2-4,8,12H,5-7H2,1H3. The number of piperazine rings is 1. The highest BCUT2D eigenvalue weighted by atomic mass is 35.5. The van der Waals surface area contributed by atoms with E-state index in [1.807, 2.05) is 12.1 Å². The van der Waals surface area contributed by atoms with Crippen molar-refractivity contribution in [2.75, 3.05) is 24.5 Å². The van der Waals surface area contributed by atoms with Crippen molar-refractivity contribution in [2.45, 2.75) is 13.0 Å². The van der Waals surface area contributed by atoms with Gasteiger partial charge in [0.1, 0.15) is 5.82 Å². The third-order valence-corrected chi connectivity index (χ3v) is 2.81. The molecule has 14 heavy (non-hydrogen) atoms. The summed E-state index contributed by atoms with van der Waals surface area (Å²) in [5, 5.41) is 4.08. The van der Waals surface area contributed by atoms with Crippen molar-refractivity contribution >= 4 is 17.4 Å². The van der Waals surface area contributed by atoms with Crippen LogP contribution in [-0.4, -0.2) is 30.7 Å². The van der Waals surface area contributed by atoms with Crippen LogP contribution in [0.5, 0.6) is 0 Å². The van der Waals surface area contributed by atoms with E-state index in [0.29, 0.717) is 6.04 Å². The molecule has 3 nitrogen and oxygen atoms in total. The first-order valence-electron chi connectivity index (χ1n) is 4.87. The van der Waals surface area contributed by atoms with E-state index >= 15 is 0 Å². The van der Waals surface area contributed by atoms with Crippen molar-refractivity contribution in [3.05, 3.63) is 23.4 Å². The molecular formula is C10H14ClN3. The molecule has 0 spiro atoms. The molecule has 1 saturated heterocycles. The van der Waals surface area contributed by atoms with E-state index in [-0.39, 0.29) is 0 Å². The summed E-state index contributed by atoms with van der Waals surface area (Å²) in [5.74, 6) is 0.906. The van der Waals surface area contributed by atoms with Crippen LogP contribution >= 0.6 is 11.6 Å². The number of aromatic nitrogens is 1. The zero-order valence-corrected chi connectivity index (χ0v) is 8.96. The fourth-order valence-electron chi connectivity index (χ4n) is 1.74. The molecule has 1 aliphatic rings. The van der Waals surface area contributed by atoms with Gasteiger partial charge in [-0.15, -0.1) is 0 Å². The van der Waals surface area contributed by atoms with Crippen molar-refractivity contribution in [2.24, 2.45) is 0 Å². The summed E-state index contributed by atoms with van der Waals surface area (Å²) in [6.45, 7) is 5.14.